The molecule has 0 saturated carbocycles. The molecule has 1 unspecified atom stereocenters. The maximum Gasteiger partial charge on any atom is 0.123 e. The molecule has 2 N–H and O–H groups in total. The van der Waals surface area contributed by atoms with Crippen LogP contribution in [0.25, 0.3) is 0 Å². The van der Waals surface area contributed by atoms with Crippen molar-refractivity contribution in [2.75, 3.05) is 0 Å². The van der Waals surface area contributed by atoms with Crippen LogP contribution in [0.1, 0.15) is 30.5 Å². The van der Waals surface area contributed by atoms with Crippen LogP contribution in [0, 0.1) is 5.82 Å². The molecular formula is C13H16FN3. The van der Waals surface area contributed by atoms with E-state index in [4.69, 9.17) is 5.73 Å². The van der Waals surface area contributed by atoms with E-state index < -0.39 is 0 Å². The zero-order valence-corrected chi connectivity index (χ0v) is 9.81. The van der Waals surface area contributed by atoms with Crippen molar-refractivity contribution in [3.05, 3.63) is 53.6 Å². The molecule has 1 aromatic carbocycles. The highest BCUT2D eigenvalue weighted by molar-refractivity contribution is 5.17. The van der Waals surface area contributed by atoms with E-state index in [1.165, 1.54) is 12.1 Å². The number of hydrogen-bond donors (Lipinski definition) is 1. The summed E-state index contributed by atoms with van der Waals surface area (Å²) >= 11 is 0. The van der Waals surface area contributed by atoms with E-state index in [9.17, 15) is 4.39 Å². The van der Waals surface area contributed by atoms with Crippen molar-refractivity contribution < 1.29 is 4.39 Å². The number of benzene rings is 1. The fourth-order valence-electron chi connectivity index (χ4n) is 1.72. The molecule has 4 heteroatoms. The molecule has 1 heterocycles. The lowest BCUT2D eigenvalue weighted by Crippen LogP contribution is -2.07. The lowest BCUT2D eigenvalue weighted by atomic mass is 10.1. The molecule has 0 radical (unpaired) electrons. The van der Waals surface area contributed by atoms with Crippen molar-refractivity contribution >= 4 is 0 Å². The van der Waals surface area contributed by atoms with Crippen LogP contribution in [0.4, 0.5) is 4.39 Å². The maximum atomic E-state index is 13.0. The number of nitrogens with two attached hydrogens (primary N) is 1. The number of halogens is 1. The van der Waals surface area contributed by atoms with Gasteiger partial charge in [0.15, 0.2) is 0 Å². The van der Waals surface area contributed by atoms with Crippen LogP contribution in [0.2, 0.25) is 0 Å². The van der Waals surface area contributed by atoms with Crippen LogP contribution >= 0.6 is 0 Å². The highest BCUT2D eigenvalue weighted by Crippen LogP contribution is 2.13. The summed E-state index contributed by atoms with van der Waals surface area (Å²) in [5.41, 5.74) is 7.82. The topological polar surface area (TPSA) is 43.8 Å². The monoisotopic (exact) mass is 233 g/mol. The first-order valence-corrected chi connectivity index (χ1v) is 5.71. The third-order valence-corrected chi connectivity index (χ3v) is 2.75. The smallest absolute Gasteiger partial charge is 0.123 e. The fourth-order valence-corrected chi connectivity index (χ4v) is 1.72. The second-order valence-corrected chi connectivity index (χ2v) is 4.12. The zero-order chi connectivity index (χ0) is 12.3. The third kappa shape index (κ3) is 2.91. The van der Waals surface area contributed by atoms with Gasteiger partial charge in [0.1, 0.15) is 5.82 Å². The van der Waals surface area contributed by atoms with Gasteiger partial charge in [0, 0.05) is 17.8 Å². The number of nitrogens with zero attached hydrogens (tertiary/aromatic N) is 2. The third-order valence-electron chi connectivity index (χ3n) is 2.75. The van der Waals surface area contributed by atoms with Crippen molar-refractivity contribution in [3.8, 4) is 0 Å². The molecule has 2 aromatic rings. The van der Waals surface area contributed by atoms with Gasteiger partial charge in [-0.3, -0.25) is 4.68 Å². The van der Waals surface area contributed by atoms with Gasteiger partial charge in [-0.1, -0.05) is 19.1 Å². The summed E-state index contributed by atoms with van der Waals surface area (Å²) in [5.74, 6) is -0.222. The lowest BCUT2D eigenvalue weighted by molar-refractivity contribution is 0.619. The molecule has 0 spiro atoms. The van der Waals surface area contributed by atoms with Gasteiger partial charge in [-0.15, -0.1) is 0 Å². The van der Waals surface area contributed by atoms with Crippen LogP contribution in [-0.2, 0) is 6.54 Å². The molecule has 0 saturated heterocycles. The minimum absolute atomic E-state index is 0.0243. The van der Waals surface area contributed by atoms with E-state index in [0.717, 1.165) is 17.5 Å². The molecule has 90 valence electrons. The van der Waals surface area contributed by atoms with Gasteiger partial charge in [-0.25, -0.2) is 4.39 Å². The summed E-state index contributed by atoms with van der Waals surface area (Å²) in [5, 5.41) is 4.22. The largest absolute Gasteiger partial charge is 0.324 e. The molecule has 1 atom stereocenters. The second-order valence-electron chi connectivity index (χ2n) is 4.12. The Kier molecular flexibility index (Phi) is 3.54. The Bertz CT molecular complexity index is 493. The van der Waals surface area contributed by atoms with Gasteiger partial charge in [0.05, 0.1) is 12.7 Å². The second kappa shape index (κ2) is 5.10. The molecule has 0 amide bonds. The van der Waals surface area contributed by atoms with Crippen molar-refractivity contribution in [1.29, 1.82) is 0 Å². The van der Waals surface area contributed by atoms with E-state index in [-0.39, 0.29) is 11.9 Å². The Morgan fingerprint density at radius 1 is 1.47 bits per heavy atom. The molecule has 0 fully saturated rings. The average molecular weight is 233 g/mol. The number of hydrogen-bond acceptors (Lipinski definition) is 2. The first-order valence-electron chi connectivity index (χ1n) is 5.71. The first kappa shape index (κ1) is 11.8. The van der Waals surface area contributed by atoms with E-state index in [0.29, 0.717) is 6.54 Å². The van der Waals surface area contributed by atoms with Crippen LogP contribution in [0.15, 0.2) is 36.7 Å². The summed E-state index contributed by atoms with van der Waals surface area (Å²) in [7, 11) is 0. The highest BCUT2D eigenvalue weighted by Gasteiger charge is 2.06. The van der Waals surface area contributed by atoms with Gasteiger partial charge in [-0.2, -0.15) is 5.10 Å². The molecule has 0 aliphatic carbocycles. The number of aromatic nitrogens is 2. The van der Waals surface area contributed by atoms with Crippen LogP contribution in [0.3, 0.4) is 0 Å². The van der Waals surface area contributed by atoms with Crippen LogP contribution in [0.5, 0.6) is 0 Å². The Balaban J connectivity index is 2.11. The van der Waals surface area contributed by atoms with Gasteiger partial charge in [-0.05, 0) is 24.1 Å². The SMILES string of the molecule is CCC(N)c1cnn(Cc2cccc(F)c2)c1. The highest BCUT2D eigenvalue weighted by atomic mass is 19.1. The van der Waals surface area contributed by atoms with Gasteiger partial charge in [0.25, 0.3) is 0 Å². The predicted molar refractivity (Wildman–Crippen MR) is 64.9 cm³/mol. The molecule has 3 nitrogen and oxygen atoms in total. The van der Waals surface area contributed by atoms with Crippen molar-refractivity contribution in [2.45, 2.75) is 25.9 Å². The molecule has 1 aromatic heterocycles. The molecule has 0 bridgehead atoms. The van der Waals surface area contributed by atoms with Gasteiger partial charge in [0.2, 0.25) is 0 Å². The normalized spacial score (nSPS) is 12.6. The lowest BCUT2D eigenvalue weighted by Gasteiger charge is -2.04. The summed E-state index contributed by atoms with van der Waals surface area (Å²) in [6.45, 7) is 2.60. The van der Waals surface area contributed by atoms with E-state index >= 15 is 0 Å². The van der Waals surface area contributed by atoms with Gasteiger partial charge < -0.3 is 5.73 Å². The predicted octanol–water partition coefficient (Wildman–Crippen LogP) is 2.48. The number of rotatable bonds is 4. The zero-order valence-electron chi connectivity index (χ0n) is 9.81. The molecule has 17 heavy (non-hydrogen) atoms. The Hall–Kier alpha value is -1.68. The maximum absolute atomic E-state index is 13.0. The summed E-state index contributed by atoms with van der Waals surface area (Å²) in [6, 6.07) is 6.56. The standard InChI is InChI=1S/C13H16FN3/c1-2-13(15)11-7-16-17(9-11)8-10-4-3-5-12(14)6-10/h3-7,9,13H,2,8,15H2,1H3. The minimum atomic E-state index is -0.222. The van der Waals surface area contributed by atoms with Crippen molar-refractivity contribution in [1.82, 2.24) is 9.78 Å². The molecule has 2 rings (SSSR count). The van der Waals surface area contributed by atoms with E-state index in [2.05, 4.69) is 5.10 Å². The average Bonchev–Trinajstić information content (AvgIpc) is 2.76. The molecule has 0 aliphatic heterocycles. The summed E-state index contributed by atoms with van der Waals surface area (Å²) in [4.78, 5) is 0. The molecular weight excluding hydrogens is 217 g/mol. The summed E-state index contributed by atoms with van der Waals surface area (Å²) in [6.07, 6.45) is 4.57. The van der Waals surface area contributed by atoms with Crippen molar-refractivity contribution in [3.63, 3.8) is 0 Å². The van der Waals surface area contributed by atoms with Crippen LogP contribution in [-0.4, -0.2) is 9.78 Å². The Morgan fingerprint density at radius 2 is 2.29 bits per heavy atom. The molecule has 0 aliphatic rings. The Labute approximate surface area is 100 Å². The Morgan fingerprint density at radius 3 is 3.00 bits per heavy atom. The fraction of sp³-hybridized carbons (Fsp3) is 0.308. The van der Waals surface area contributed by atoms with E-state index in [1.54, 1.807) is 16.9 Å². The quantitative estimate of drug-likeness (QED) is 0.881. The minimum Gasteiger partial charge on any atom is -0.324 e. The first-order chi connectivity index (χ1) is 8.19. The van der Waals surface area contributed by atoms with Crippen molar-refractivity contribution in [2.24, 2.45) is 5.73 Å². The summed E-state index contributed by atoms with van der Waals surface area (Å²) < 4.78 is 14.8. The van der Waals surface area contributed by atoms with E-state index in [1.807, 2.05) is 19.2 Å². The van der Waals surface area contributed by atoms with Gasteiger partial charge >= 0.3 is 0 Å². The van der Waals surface area contributed by atoms with Crippen LogP contribution < -0.4 is 5.73 Å².